The van der Waals surface area contributed by atoms with Gasteiger partial charge in [0.2, 0.25) is 5.43 Å². The number of amides is 1. The lowest BCUT2D eigenvalue weighted by atomic mass is 9.94. The Hall–Kier alpha value is -4.63. The van der Waals surface area contributed by atoms with Gasteiger partial charge in [-0.3, -0.25) is 19.6 Å². The van der Waals surface area contributed by atoms with Crippen molar-refractivity contribution in [3.05, 3.63) is 100 Å². The van der Waals surface area contributed by atoms with Crippen molar-refractivity contribution in [2.45, 2.75) is 77.7 Å². The van der Waals surface area contributed by atoms with Crippen molar-refractivity contribution in [2.24, 2.45) is 5.92 Å². The van der Waals surface area contributed by atoms with Gasteiger partial charge >= 0.3 is 0 Å². The van der Waals surface area contributed by atoms with Gasteiger partial charge < -0.3 is 19.5 Å². The molecule has 0 bridgehead atoms. The second-order valence-electron chi connectivity index (χ2n) is 13.7. The van der Waals surface area contributed by atoms with Crippen LogP contribution in [0.25, 0.3) is 27.4 Å². The van der Waals surface area contributed by atoms with Gasteiger partial charge in [0.05, 0.1) is 16.8 Å². The van der Waals surface area contributed by atoms with E-state index >= 15 is 4.39 Å². The molecule has 3 atom stereocenters. The molecule has 3 aromatic carbocycles. The summed E-state index contributed by atoms with van der Waals surface area (Å²) in [7, 11) is 0. The number of nitrogens with zero attached hydrogens (tertiary/aromatic N) is 4. The Morgan fingerprint density at radius 1 is 1.12 bits per heavy atom. The van der Waals surface area contributed by atoms with E-state index < -0.39 is 17.2 Å². The Kier molecular flexibility index (Phi) is 9.45. The monoisotopic (exact) mass is 661 g/mol. The maximum absolute atomic E-state index is 16.2. The van der Waals surface area contributed by atoms with Crippen LogP contribution in [0.4, 0.5) is 4.39 Å². The molecule has 9 heteroatoms. The summed E-state index contributed by atoms with van der Waals surface area (Å²) in [6.45, 7) is 9.17. The van der Waals surface area contributed by atoms with Crippen molar-refractivity contribution in [1.82, 2.24) is 24.8 Å². The second kappa shape index (κ2) is 14.1. The Labute approximate surface area is 286 Å². The number of halogens is 1. The van der Waals surface area contributed by atoms with E-state index in [0.29, 0.717) is 46.5 Å². The first-order valence-electron chi connectivity index (χ1n) is 17.7. The Morgan fingerprint density at radius 2 is 1.92 bits per heavy atom. The molecule has 2 aromatic heterocycles. The summed E-state index contributed by atoms with van der Waals surface area (Å²) < 4.78 is 24.6. The third-order valence-electron chi connectivity index (χ3n) is 10.6. The smallest absolute Gasteiger partial charge is 0.256 e. The molecule has 1 saturated carbocycles. The number of carbonyl (C=O) groups excluding carboxylic acids is 1. The van der Waals surface area contributed by atoms with Gasteiger partial charge in [0, 0.05) is 42.3 Å². The molecule has 1 aliphatic heterocycles. The lowest BCUT2D eigenvalue weighted by Gasteiger charge is -2.27. The van der Waals surface area contributed by atoms with Gasteiger partial charge in [-0.05, 0) is 106 Å². The topological polar surface area (TPSA) is 89.4 Å². The third-order valence-corrected chi connectivity index (χ3v) is 10.6. The van der Waals surface area contributed by atoms with Gasteiger partial charge in [-0.15, -0.1) is 0 Å². The summed E-state index contributed by atoms with van der Waals surface area (Å²) in [5.41, 5.74) is 2.17. The van der Waals surface area contributed by atoms with Crippen molar-refractivity contribution in [1.29, 1.82) is 0 Å². The highest BCUT2D eigenvalue weighted by atomic mass is 19.1. The van der Waals surface area contributed by atoms with Crippen LogP contribution in [-0.4, -0.2) is 51.0 Å². The van der Waals surface area contributed by atoms with Gasteiger partial charge in [-0.25, -0.2) is 4.39 Å². The second-order valence-corrected chi connectivity index (χ2v) is 13.7. The highest BCUT2D eigenvalue weighted by Gasteiger charge is 2.31. The van der Waals surface area contributed by atoms with E-state index in [1.165, 1.54) is 6.07 Å². The number of pyridine rings is 1. The molecule has 8 nitrogen and oxygen atoms in total. The molecule has 1 aliphatic carbocycles. The van der Waals surface area contributed by atoms with E-state index in [-0.39, 0.29) is 17.0 Å². The van der Waals surface area contributed by atoms with Crippen molar-refractivity contribution < 1.29 is 13.9 Å². The van der Waals surface area contributed by atoms with Crippen LogP contribution in [0.1, 0.15) is 86.8 Å². The average Bonchev–Trinajstić information content (AvgIpc) is 3.59. The first-order valence-corrected chi connectivity index (χ1v) is 17.7. The molecule has 254 valence electrons. The molecule has 7 rings (SSSR count). The Morgan fingerprint density at radius 3 is 2.67 bits per heavy atom. The Balaban J connectivity index is 1.23. The predicted molar refractivity (Wildman–Crippen MR) is 191 cm³/mol. The number of hydrogen-bond donors (Lipinski definition) is 1. The van der Waals surface area contributed by atoms with Crippen LogP contribution in [0.5, 0.6) is 11.5 Å². The highest BCUT2D eigenvalue weighted by molar-refractivity contribution is 6.00. The minimum atomic E-state index is -0.499. The van der Waals surface area contributed by atoms with Crippen LogP contribution in [-0.2, 0) is 6.42 Å². The molecule has 1 N–H and O–H groups in total. The van der Waals surface area contributed by atoms with Gasteiger partial charge in [0.15, 0.2) is 11.5 Å². The van der Waals surface area contributed by atoms with E-state index in [2.05, 4.69) is 34.0 Å². The van der Waals surface area contributed by atoms with Gasteiger partial charge in [-0.2, -0.15) is 0 Å². The molecule has 3 heterocycles. The number of benzene rings is 3. The van der Waals surface area contributed by atoms with E-state index in [9.17, 15) is 9.59 Å². The summed E-state index contributed by atoms with van der Waals surface area (Å²) in [6.07, 6.45) is 12.9. The van der Waals surface area contributed by atoms with Crippen LogP contribution < -0.4 is 15.5 Å². The fourth-order valence-corrected chi connectivity index (χ4v) is 7.76. The van der Waals surface area contributed by atoms with Crippen molar-refractivity contribution in [2.75, 3.05) is 19.6 Å². The quantitative estimate of drug-likeness (QED) is 0.143. The van der Waals surface area contributed by atoms with Crippen LogP contribution in [0.3, 0.4) is 0 Å². The first-order chi connectivity index (χ1) is 23.8. The van der Waals surface area contributed by atoms with Gasteiger partial charge in [0.1, 0.15) is 16.9 Å². The van der Waals surface area contributed by atoms with Crippen molar-refractivity contribution in [3.63, 3.8) is 0 Å². The molecular formula is C40H44FN5O3. The molecular weight excluding hydrogens is 617 g/mol. The zero-order valence-electron chi connectivity index (χ0n) is 28.5. The van der Waals surface area contributed by atoms with Gasteiger partial charge in [-0.1, -0.05) is 38.1 Å². The molecule has 1 amide bonds. The first kappa shape index (κ1) is 32.9. The van der Waals surface area contributed by atoms with Crippen LogP contribution in [0.15, 0.2) is 72.0 Å². The summed E-state index contributed by atoms with van der Waals surface area (Å²) in [5, 5.41) is 5.16. The molecule has 1 fully saturated rings. The number of ether oxygens (including phenoxy) is 1. The lowest BCUT2D eigenvalue weighted by Crippen LogP contribution is -2.36. The highest BCUT2D eigenvalue weighted by Crippen LogP contribution is 2.46. The van der Waals surface area contributed by atoms with Crippen molar-refractivity contribution in [3.8, 4) is 17.2 Å². The third kappa shape index (κ3) is 6.56. The number of hydrogen-bond acceptors (Lipinski definition) is 6. The molecule has 49 heavy (non-hydrogen) atoms. The maximum atomic E-state index is 16.2. The fourth-order valence-electron chi connectivity index (χ4n) is 7.76. The predicted octanol–water partition coefficient (Wildman–Crippen LogP) is 7.94. The van der Waals surface area contributed by atoms with E-state index in [1.807, 2.05) is 54.1 Å². The SMILES string of the molecule is CCN(CC)CCCC(C)NC(=O)c1cn2c3c(c(CCC4CCC(c5cnccn5)C4)c(F)cc3c1=O)Oc1cc3ccccc3cc1-2. The average molecular weight is 662 g/mol. The van der Waals surface area contributed by atoms with E-state index in [0.717, 1.165) is 74.6 Å². The van der Waals surface area contributed by atoms with Crippen LogP contribution in [0.2, 0.25) is 0 Å². The molecule has 0 saturated heterocycles. The Bertz CT molecular complexity index is 2060. The number of aromatic nitrogens is 3. The molecule has 0 spiro atoms. The number of nitrogens with one attached hydrogen (secondary N) is 1. The minimum Gasteiger partial charge on any atom is -0.452 e. The van der Waals surface area contributed by atoms with Crippen LogP contribution >= 0.6 is 0 Å². The summed E-state index contributed by atoms with van der Waals surface area (Å²) in [6, 6.07) is 13.1. The lowest BCUT2D eigenvalue weighted by molar-refractivity contribution is 0.0935. The molecule has 0 radical (unpaired) electrons. The zero-order chi connectivity index (χ0) is 34.1. The van der Waals surface area contributed by atoms with E-state index in [4.69, 9.17) is 4.74 Å². The standard InChI is InChI=1S/C40H44FN5O3/c1-4-45(5-2)18-8-9-25(3)44-40(48)32-24-46-35-20-27-10-6-7-11-28(27)21-36(35)49-39-30(33(41)22-31(37(39)46)38(32)47)15-13-26-12-14-29(19-26)34-23-42-16-17-43-34/h6-7,10-11,16-17,20-26,29H,4-5,8-9,12-15,18-19H2,1-3H3,(H,44,48). The summed E-state index contributed by atoms with van der Waals surface area (Å²) in [4.78, 5) is 38.8. The molecule has 2 aliphatic rings. The molecule has 3 unspecified atom stereocenters. The number of carbonyl (C=O) groups is 1. The van der Waals surface area contributed by atoms with Gasteiger partial charge in [0.25, 0.3) is 5.91 Å². The van der Waals surface area contributed by atoms with Crippen LogP contribution in [0, 0.1) is 11.7 Å². The minimum absolute atomic E-state index is 0.0109. The maximum Gasteiger partial charge on any atom is 0.256 e. The largest absolute Gasteiger partial charge is 0.452 e. The molecule has 5 aromatic rings. The summed E-state index contributed by atoms with van der Waals surface area (Å²) in [5.74, 6) is 0.745. The summed E-state index contributed by atoms with van der Waals surface area (Å²) >= 11 is 0. The van der Waals surface area contributed by atoms with Crippen molar-refractivity contribution >= 4 is 27.6 Å². The fraction of sp³-hybridized carbons (Fsp3) is 0.400. The zero-order valence-corrected chi connectivity index (χ0v) is 28.5. The number of rotatable bonds is 12. The normalized spacial score (nSPS) is 17.3. The number of fused-ring (bicyclic) bond motifs is 3. The van der Waals surface area contributed by atoms with E-state index in [1.54, 1.807) is 18.6 Å².